The summed E-state index contributed by atoms with van der Waals surface area (Å²) in [6, 6.07) is 10.5. The van der Waals surface area contributed by atoms with E-state index < -0.39 is 0 Å². The van der Waals surface area contributed by atoms with Crippen LogP contribution in [0.5, 0.6) is 0 Å². The van der Waals surface area contributed by atoms with Gasteiger partial charge in [0.2, 0.25) is 0 Å². The monoisotopic (exact) mass is 197 g/mol. The molecule has 2 aromatic rings. The van der Waals surface area contributed by atoms with Crippen LogP contribution in [0.4, 0.5) is 0 Å². The van der Waals surface area contributed by atoms with Gasteiger partial charge < -0.3 is 0 Å². The van der Waals surface area contributed by atoms with Crippen molar-refractivity contribution in [3.8, 4) is 11.1 Å². The number of hydrogen-bond acceptors (Lipinski definition) is 1. The molecule has 0 N–H and O–H groups in total. The maximum atomic E-state index is 4.36. The van der Waals surface area contributed by atoms with E-state index >= 15 is 0 Å². The predicted octanol–water partition coefficient (Wildman–Crippen LogP) is 3.67. The second-order valence-corrected chi connectivity index (χ2v) is 3.89. The van der Waals surface area contributed by atoms with Crippen molar-refractivity contribution < 1.29 is 0 Å². The van der Waals surface area contributed by atoms with Crippen LogP contribution in [0.25, 0.3) is 11.1 Å². The summed E-state index contributed by atoms with van der Waals surface area (Å²) >= 11 is 0. The van der Waals surface area contributed by atoms with Crippen molar-refractivity contribution in [3.05, 3.63) is 53.3 Å². The fourth-order valence-corrected chi connectivity index (χ4v) is 1.88. The summed E-state index contributed by atoms with van der Waals surface area (Å²) in [6.07, 6.45) is 1.95. The summed E-state index contributed by atoms with van der Waals surface area (Å²) in [5.74, 6) is 0. The van der Waals surface area contributed by atoms with Crippen LogP contribution in [0.1, 0.15) is 16.8 Å². The molecule has 1 aromatic heterocycles. The lowest BCUT2D eigenvalue weighted by Crippen LogP contribution is -1.94. The van der Waals surface area contributed by atoms with E-state index in [2.05, 4.69) is 50.0 Å². The molecule has 0 radical (unpaired) electrons. The van der Waals surface area contributed by atoms with Crippen molar-refractivity contribution >= 4 is 0 Å². The third-order valence-electron chi connectivity index (χ3n) is 2.83. The summed E-state index contributed by atoms with van der Waals surface area (Å²) in [4.78, 5) is 4.36. The van der Waals surface area contributed by atoms with Crippen LogP contribution < -0.4 is 0 Å². The second kappa shape index (κ2) is 3.85. The molecule has 0 saturated carbocycles. The van der Waals surface area contributed by atoms with Gasteiger partial charge in [-0.3, -0.25) is 4.98 Å². The van der Waals surface area contributed by atoms with Crippen LogP contribution >= 0.6 is 0 Å². The molecular formula is C14H15N. The highest BCUT2D eigenvalue weighted by Crippen LogP contribution is 2.27. The van der Waals surface area contributed by atoms with E-state index in [-0.39, 0.29) is 0 Å². The second-order valence-electron chi connectivity index (χ2n) is 3.89. The molecule has 0 unspecified atom stereocenters. The Morgan fingerprint density at radius 1 is 0.933 bits per heavy atom. The highest BCUT2D eigenvalue weighted by Gasteiger charge is 2.07. The van der Waals surface area contributed by atoms with Crippen molar-refractivity contribution in [2.24, 2.45) is 0 Å². The number of aromatic nitrogens is 1. The average molecular weight is 197 g/mol. The average Bonchev–Trinajstić information content (AvgIpc) is 2.26. The van der Waals surface area contributed by atoms with E-state index in [4.69, 9.17) is 0 Å². The number of pyridine rings is 1. The van der Waals surface area contributed by atoms with Crippen molar-refractivity contribution in [1.82, 2.24) is 4.98 Å². The minimum atomic E-state index is 1.11. The molecule has 0 aliphatic carbocycles. The third-order valence-corrected chi connectivity index (χ3v) is 2.83. The SMILES string of the molecule is Cc1cnc(C)c(C)c1-c1ccccc1. The standard InChI is InChI=1S/C14H15N/c1-10-9-15-12(3)11(2)14(10)13-7-5-4-6-8-13/h4-9H,1-3H3. The topological polar surface area (TPSA) is 12.9 Å². The van der Waals surface area contributed by atoms with Crippen LogP contribution in [0, 0.1) is 20.8 Å². The lowest BCUT2D eigenvalue weighted by molar-refractivity contribution is 1.13. The maximum absolute atomic E-state index is 4.36. The van der Waals surface area contributed by atoms with Crippen LogP contribution in [0.15, 0.2) is 36.5 Å². The lowest BCUT2D eigenvalue weighted by Gasteiger charge is -2.11. The first-order chi connectivity index (χ1) is 7.20. The summed E-state index contributed by atoms with van der Waals surface area (Å²) in [5, 5.41) is 0. The van der Waals surface area contributed by atoms with Crippen LogP contribution in [-0.4, -0.2) is 4.98 Å². The molecule has 15 heavy (non-hydrogen) atoms. The molecule has 2 rings (SSSR count). The smallest absolute Gasteiger partial charge is 0.0408 e. The van der Waals surface area contributed by atoms with Crippen molar-refractivity contribution in [2.75, 3.05) is 0 Å². The fourth-order valence-electron chi connectivity index (χ4n) is 1.88. The summed E-state index contributed by atoms with van der Waals surface area (Å²) in [7, 11) is 0. The lowest BCUT2D eigenvalue weighted by atomic mass is 9.96. The molecule has 0 bridgehead atoms. The quantitative estimate of drug-likeness (QED) is 0.679. The Kier molecular flexibility index (Phi) is 2.55. The normalized spacial score (nSPS) is 10.3. The maximum Gasteiger partial charge on any atom is 0.0408 e. The van der Waals surface area contributed by atoms with E-state index in [0.717, 1.165) is 5.69 Å². The van der Waals surface area contributed by atoms with Gasteiger partial charge in [-0.1, -0.05) is 30.3 Å². The Balaban J connectivity index is 2.68. The van der Waals surface area contributed by atoms with E-state index in [0.29, 0.717) is 0 Å². The summed E-state index contributed by atoms with van der Waals surface area (Å²) < 4.78 is 0. The molecule has 1 heterocycles. The van der Waals surface area contributed by atoms with Gasteiger partial charge in [0.1, 0.15) is 0 Å². The van der Waals surface area contributed by atoms with Gasteiger partial charge >= 0.3 is 0 Å². The predicted molar refractivity (Wildman–Crippen MR) is 63.9 cm³/mol. The number of hydrogen-bond donors (Lipinski definition) is 0. The minimum Gasteiger partial charge on any atom is -0.261 e. The largest absolute Gasteiger partial charge is 0.261 e. The van der Waals surface area contributed by atoms with Gasteiger partial charge in [0.15, 0.2) is 0 Å². The van der Waals surface area contributed by atoms with Crippen LogP contribution in [0.3, 0.4) is 0 Å². The molecule has 76 valence electrons. The van der Waals surface area contributed by atoms with Gasteiger partial charge in [0.05, 0.1) is 0 Å². The van der Waals surface area contributed by atoms with Crippen molar-refractivity contribution in [3.63, 3.8) is 0 Å². The van der Waals surface area contributed by atoms with E-state index in [1.165, 1.54) is 22.3 Å². The van der Waals surface area contributed by atoms with Gasteiger partial charge in [-0.25, -0.2) is 0 Å². The Morgan fingerprint density at radius 2 is 1.60 bits per heavy atom. The molecule has 0 amide bonds. The number of nitrogens with zero attached hydrogens (tertiary/aromatic N) is 1. The molecule has 1 aromatic carbocycles. The zero-order valence-corrected chi connectivity index (χ0v) is 9.41. The highest BCUT2D eigenvalue weighted by atomic mass is 14.7. The Morgan fingerprint density at radius 3 is 2.27 bits per heavy atom. The summed E-state index contributed by atoms with van der Waals surface area (Å²) in [6.45, 7) is 6.31. The Labute approximate surface area is 90.8 Å². The Hall–Kier alpha value is -1.63. The Bertz CT molecular complexity index is 472. The number of aryl methyl sites for hydroxylation is 2. The minimum absolute atomic E-state index is 1.11. The zero-order chi connectivity index (χ0) is 10.8. The van der Waals surface area contributed by atoms with Gasteiger partial charge in [-0.05, 0) is 43.0 Å². The van der Waals surface area contributed by atoms with E-state index in [1.807, 2.05) is 12.3 Å². The molecule has 0 fully saturated rings. The number of benzene rings is 1. The first-order valence-corrected chi connectivity index (χ1v) is 5.18. The molecular weight excluding hydrogens is 182 g/mol. The van der Waals surface area contributed by atoms with Gasteiger partial charge in [-0.15, -0.1) is 0 Å². The zero-order valence-electron chi connectivity index (χ0n) is 9.41. The number of rotatable bonds is 1. The van der Waals surface area contributed by atoms with Gasteiger partial charge in [-0.2, -0.15) is 0 Å². The molecule has 0 aliphatic rings. The van der Waals surface area contributed by atoms with Gasteiger partial charge in [0, 0.05) is 11.9 Å². The molecule has 1 heteroatoms. The van der Waals surface area contributed by atoms with E-state index in [1.54, 1.807) is 0 Å². The molecule has 0 atom stereocenters. The molecule has 0 spiro atoms. The van der Waals surface area contributed by atoms with Crippen LogP contribution in [0.2, 0.25) is 0 Å². The first kappa shape index (κ1) is 9.91. The molecule has 1 nitrogen and oxygen atoms in total. The first-order valence-electron chi connectivity index (χ1n) is 5.18. The fraction of sp³-hybridized carbons (Fsp3) is 0.214. The molecule has 0 aliphatic heterocycles. The third kappa shape index (κ3) is 1.78. The van der Waals surface area contributed by atoms with Gasteiger partial charge in [0.25, 0.3) is 0 Å². The van der Waals surface area contributed by atoms with Crippen molar-refractivity contribution in [2.45, 2.75) is 20.8 Å². The van der Waals surface area contributed by atoms with E-state index in [9.17, 15) is 0 Å². The highest BCUT2D eigenvalue weighted by molar-refractivity contribution is 5.70. The summed E-state index contributed by atoms with van der Waals surface area (Å²) in [5.41, 5.74) is 6.23. The van der Waals surface area contributed by atoms with Crippen LogP contribution in [-0.2, 0) is 0 Å². The molecule has 0 saturated heterocycles. The van der Waals surface area contributed by atoms with Crippen molar-refractivity contribution in [1.29, 1.82) is 0 Å².